The lowest BCUT2D eigenvalue weighted by Crippen LogP contribution is -2.35. The molecule has 1 aromatic rings. The van der Waals surface area contributed by atoms with E-state index < -0.39 is 11.2 Å². The molecular formula is C16H23FN2O2. The Balaban J connectivity index is 2.33. The predicted octanol–water partition coefficient (Wildman–Crippen LogP) is 3.02. The van der Waals surface area contributed by atoms with Crippen molar-refractivity contribution in [3.8, 4) is 0 Å². The van der Waals surface area contributed by atoms with Gasteiger partial charge in [-0.1, -0.05) is 26.8 Å². The number of nitrogens with one attached hydrogen (secondary N) is 2. The highest BCUT2D eigenvalue weighted by molar-refractivity contribution is 5.90. The van der Waals surface area contributed by atoms with Crippen molar-refractivity contribution in [2.45, 2.75) is 40.5 Å². The summed E-state index contributed by atoms with van der Waals surface area (Å²) in [5, 5.41) is 5.30. The van der Waals surface area contributed by atoms with Crippen molar-refractivity contribution in [1.29, 1.82) is 0 Å². The summed E-state index contributed by atoms with van der Waals surface area (Å²) in [6.07, 6.45) is 0.749. The van der Waals surface area contributed by atoms with Gasteiger partial charge in [0.1, 0.15) is 5.82 Å². The summed E-state index contributed by atoms with van der Waals surface area (Å²) in [6, 6.07) is 4.66. The largest absolute Gasteiger partial charge is 0.356 e. The summed E-state index contributed by atoms with van der Waals surface area (Å²) in [5.74, 6) is -0.750. The molecule has 1 rings (SSSR count). The van der Waals surface area contributed by atoms with Crippen molar-refractivity contribution in [2.24, 2.45) is 5.41 Å². The molecule has 4 nitrogen and oxygen atoms in total. The lowest BCUT2D eigenvalue weighted by Gasteiger charge is -2.17. The zero-order valence-corrected chi connectivity index (χ0v) is 13.0. The summed E-state index contributed by atoms with van der Waals surface area (Å²) in [7, 11) is 0. The molecule has 0 aliphatic rings. The van der Waals surface area contributed by atoms with Gasteiger partial charge in [-0.15, -0.1) is 0 Å². The van der Waals surface area contributed by atoms with Crippen LogP contribution in [0, 0.1) is 18.2 Å². The van der Waals surface area contributed by atoms with Gasteiger partial charge in [0.15, 0.2) is 0 Å². The number of rotatable bonds is 5. The molecule has 0 saturated carbocycles. The second kappa shape index (κ2) is 7.20. The minimum atomic E-state index is -0.440. The molecule has 0 aliphatic heterocycles. The van der Waals surface area contributed by atoms with Crippen LogP contribution in [0.15, 0.2) is 18.2 Å². The Morgan fingerprint density at radius 1 is 1.24 bits per heavy atom. The molecule has 0 fully saturated rings. The number of carbonyl (C=O) groups excluding carboxylic acids is 2. The van der Waals surface area contributed by atoms with Crippen LogP contribution in [-0.4, -0.2) is 18.4 Å². The number of amides is 2. The van der Waals surface area contributed by atoms with Crippen LogP contribution < -0.4 is 10.6 Å². The number of halogens is 1. The SMILES string of the molecule is Cc1ccc(NC(=O)CCCNC(=O)C(C)(C)C)c(F)c1. The van der Waals surface area contributed by atoms with Gasteiger partial charge in [0.25, 0.3) is 0 Å². The highest BCUT2D eigenvalue weighted by Gasteiger charge is 2.20. The Hall–Kier alpha value is -1.91. The molecule has 0 atom stereocenters. The molecule has 2 N–H and O–H groups in total. The maximum absolute atomic E-state index is 13.6. The van der Waals surface area contributed by atoms with Gasteiger partial charge in [0.2, 0.25) is 11.8 Å². The number of hydrogen-bond acceptors (Lipinski definition) is 2. The monoisotopic (exact) mass is 294 g/mol. The van der Waals surface area contributed by atoms with Crippen LogP contribution in [0.25, 0.3) is 0 Å². The minimum absolute atomic E-state index is 0.0486. The van der Waals surface area contributed by atoms with E-state index in [1.54, 1.807) is 19.1 Å². The molecule has 0 bridgehead atoms. The highest BCUT2D eigenvalue weighted by atomic mass is 19.1. The second-order valence-corrected chi connectivity index (χ2v) is 6.14. The maximum atomic E-state index is 13.6. The Bertz CT molecular complexity index is 521. The van der Waals surface area contributed by atoms with E-state index in [2.05, 4.69) is 10.6 Å². The molecule has 0 aromatic heterocycles. The average Bonchev–Trinajstić information content (AvgIpc) is 2.36. The zero-order valence-electron chi connectivity index (χ0n) is 13.0. The third kappa shape index (κ3) is 5.94. The van der Waals surface area contributed by atoms with Crippen molar-refractivity contribution in [1.82, 2.24) is 5.32 Å². The van der Waals surface area contributed by atoms with E-state index >= 15 is 0 Å². The Morgan fingerprint density at radius 2 is 1.90 bits per heavy atom. The van der Waals surface area contributed by atoms with Crippen molar-refractivity contribution >= 4 is 17.5 Å². The fourth-order valence-corrected chi connectivity index (χ4v) is 1.65. The number of hydrogen-bond donors (Lipinski definition) is 2. The van der Waals surface area contributed by atoms with Crippen LogP contribution in [0.3, 0.4) is 0 Å². The number of anilines is 1. The van der Waals surface area contributed by atoms with E-state index in [9.17, 15) is 14.0 Å². The van der Waals surface area contributed by atoms with Crippen LogP contribution in [0.4, 0.5) is 10.1 Å². The summed E-state index contributed by atoms with van der Waals surface area (Å²) in [5.41, 5.74) is 0.549. The lowest BCUT2D eigenvalue weighted by molar-refractivity contribution is -0.128. The van der Waals surface area contributed by atoms with Gasteiger partial charge in [-0.25, -0.2) is 4.39 Å². The second-order valence-electron chi connectivity index (χ2n) is 6.14. The molecule has 21 heavy (non-hydrogen) atoms. The van der Waals surface area contributed by atoms with Gasteiger partial charge in [-0.3, -0.25) is 9.59 Å². The van der Waals surface area contributed by atoms with Crippen molar-refractivity contribution in [3.05, 3.63) is 29.6 Å². The van der Waals surface area contributed by atoms with Gasteiger partial charge < -0.3 is 10.6 Å². The molecule has 0 saturated heterocycles. The van der Waals surface area contributed by atoms with Crippen LogP contribution >= 0.6 is 0 Å². The zero-order chi connectivity index (χ0) is 16.0. The van der Waals surface area contributed by atoms with E-state index in [-0.39, 0.29) is 23.9 Å². The van der Waals surface area contributed by atoms with E-state index in [1.165, 1.54) is 6.07 Å². The van der Waals surface area contributed by atoms with Gasteiger partial charge in [-0.2, -0.15) is 0 Å². The van der Waals surface area contributed by atoms with Crippen LogP contribution in [0.1, 0.15) is 39.2 Å². The van der Waals surface area contributed by atoms with Crippen molar-refractivity contribution < 1.29 is 14.0 Å². The molecule has 2 amide bonds. The Morgan fingerprint density at radius 3 is 2.48 bits per heavy atom. The van der Waals surface area contributed by atoms with Gasteiger partial charge in [0, 0.05) is 18.4 Å². The molecule has 0 heterocycles. The smallest absolute Gasteiger partial charge is 0.225 e. The highest BCUT2D eigenvalue weighted by Crippen LogP contribution is 2.15. The third-order valence-electron chi connectivity index (χ3n) is 2.95. The average molecular weight is 294 g/mol. The molecule has 0 spiro atoms. The van der Waals surface area contributed by atoms with Crippen LogP contribution in [-0.2, 0) is 9.59 Å². The minimum Gasteiger partial charge on any atom is -0.356 e. The summed E-state index contributed by atoms with van der Waals surface area (Å²) >= 11 is 0. The summed E-state index contributed by atoms with van der Waals surface area (Å²) in [4.78, 5) is 23.3. The van der Waals surface area contributed by atoms with Crippen LogP contribution in [0.5, 0.6) is 0 Å². The molecule has 5 heteroatoms. The van der Waals surface area contributed by atoms with Gasteiger partial charge in [-0.05, 0) is 31.0 Å². The fourth-order valence-electron chi connectivity index (χ4n) is 1.65. The fraction of sp³-hybridized carbons (Fsp3) is 0.500. The van der Waals surface area contributed by atoms with Crippen molar-refractivity contribution in [3.63, 3.8) is 0 Å². The number of aryl methyl sites for hydroxylation is 1. The van der Waals surface area contributed by atoms with E-state index in [0.717, 1.165) is 5.56 Å². The molecule has 0 aliphatic carbocycles. The summed E-state index contributed by atoms with van der Waals surface area (Å²) in [6.45, 7) is 7.70. The molecular weight excluding hydrogens is 271 g/mol. The van der Waals surface area contributed by atoms with E-state index in [1.807, 2.05) is 20.8 Å². The third-order valence-corrected chi connectivity index (χ3v) is 2.95. The standard InChI is InChI=1S/C16H23FN2O2/c1-11-7-8-13(12(17)10-11)19-14(20)6-5-9-18-15(21)16(2,3)4/h7-8,10H,5-6,9H2,1-4H3,(H,18,21)(H,19,20). The molecule has 1 aromatic carbocycles. The first-order valence-corrected chi connectivity index (χ1v) is 7.04. The van der Waals surface area contributed by atoms with Gasteiger partial charge >= 0.3 is 0 Å². The normalized spacial score (nSPS) is 11.1. The first-order chi connectivity index (χ1) is 9.70. The summed E-state index contributed by atoms with van der Waals surface area (Å²) < 4.78 is 13.6. The van der Waals surface area contributed by atoms with Crippen molar-refractivity contribution in [2.75, 3.05) is 11.9 Å². The first-order valence-electron chi connectivity index (χ1n) is 7.04. The maximum Gasteiger partial charge on any atom is 0.225 e. The lowest BCUT2D eigenvalue weighted by atomic mass is 9.96. The molecule has 116 valence electrons. The Labute approximate surface area is 125 Å². The quantitative estimate of drug-likeness (QED) is 0.820. The predicted molar refractivity (Wildman–Crippen MR) is 81.5 cm³/mol. The van der Waals surface area contributed by atoms with E-state index in [4.69, 9.17) is 0 Å². The first kappa shape index (κ1) is 17.1. The van der Waals surface area contributed by atoms with E-state index in [0.29, 0.717) is 13.0 Å². The number of carbonyl (C=O) groups is 2. The topological polar surface area (TPSA) is 58.2 Å². The Kier molecular flexibility index (Phi) is 5.88. The van der Waals surface area contributed by atoms with Gasteiger partial charge in [0.05, 0.1) is 5.69 Å². The van der Waals surface area contributed by atoms with Crippen LogP contribution in [0.2, 0.25) is 0 Å². The molecule has 0 radical (unpaired) electrons. The number of benzene rings is 1. The molecule has 0 unspecified atom stereocenters.